The van der Waals surface area contributed by atoms with E-state index in [2.05, 4.69) is 0 Å². The maximum absolute atomic E-state index is 13.8. The van der Waals surface area contributed by atoms with Gasteiger partial charge in [-0.15, -0.1) is 23.1 Å². The zero-order valence-electron chi connectivity index (χ0n) is 21.4. The molecule has 1 atom stereocenters. The highest BCUT2D eigenvalue weighted by Crippen LogP contribution is 2.49. The van der Waals surface area contributed by atoms with E-state index < -0.39 is 0 Å². The third-order valence-corrected chi connectivity index (χ3v) is 9.36. The van der Waals surface area contributed by atoms with Crippen molar-refractivity contribution in [1.82, 2.24) is 14.7 Å². The van der Waals surface area contributed by atoms with E-state index in [1.807, 2.05) is 77.6 Å². The molecule has 39 heavy (non-hydrogen) atoms. The molecule has 6 rings (SSSR count). The Morgan fingerprint density at radius 2 is 1.92 bits per heavy atom. The molecule has 0 spiro atoms. The largest absolute Gasteiger partial charge is 0.378 e. The first-order chi connectivity index (χ1) is 19.0. The molecule has 1 unspecified atom stereocenters. The van der Waals surface area contributed by atoms with Gasteiger partial charge in [0.05, 0.1) is 34.8 Å². The molecule has 2 amide bonds. The quantitative estimate of drug-likeness (QED) is 0.309. The minimum Gasteiger partial charge on any atom is -0.378 e. The van der Waals surface area contributed by atoms with Gasteiger partial charge < -0.3 is 9.64 Å². The molecule has 200 valence electrons. The molecule has 1 fully saturated rings. The molecule has 10 heteroatoms. The van der Waals surface area contributed by atoms with Gasteiger partial charge in [-0.3, -0.25) is 14.5 Å². The minimum absolute atomic E-state index is 0.0594. The highest BCUT2D eigenvalue weighted by atomic mass is 35.5. The molecule has 0 bridgehead atoms. The number of para-hydroxylation sites is 1. The number of thiophene rings is 1. The van der Waals surface area contributed by atoms with E-state index in [-0.39, 0.29) is 29.4 Å². The van der Waals surface area contributed by atoms with E-state index in [1.165, 1.54) is 0 Å². The van der Waals surface area contributed by atoms with Crippen molar-refractivity contribution in [3.05, 3.63) is 87.8 Å². The molecule has 2 aliphatic heterocycles. The molecule has 1 saturated heterocycles. The number of thioether (sulfide) groups is 1. The molecule has 4 aromatic rings. The third-order valence-electron chi connectivity index (χ3n) is 7.00. The van der Waals surface area contributed by atoms with Gasteiger partial charge in [0.25, 0.3) is 0 Å². The fraction of sp³-hybridized carbons (Fsp3) is 0.276. The van der Waals surface area contributed by atoms with Crippen molar-refractivity contribution >= 4 is 52.3 Å². The Bertz CT molecular complexity index is 1510. The van der Waals surface area contributed by atoms with Crippen molar-refractivity contribution in [3.63, 3.8) is 0 Å². The third kappa shape index (κ3) is 5.12. The summed E-state index contributed by atoms with van der Waals surface area (Å²) in [5, 5.41) is 7.60. The lowest BCUT2D eigenvalue weighted by Gasteiger charge is -2.30. The van der Waals surface area contributed by atoms with Crippen LogP contribution < -0.4 is 4.90 Å². The van der Waals surface area contributed by atoms with Gasteiger partial charge in [-0.2, -0.15) is 5.10 Å². The second kappa shape index (κ2) is 11.2. The molecule has 2 aromatic carbocycles. The van der Waals surface area contributed by atoms with E-state index >= 15 is 0 Å². The Kier molecular flexibility index (Phi) is 7.49. The molecule has 7 nitrogen and oxygen atoms in total. The maximum atomic E-state index is 13.8. The van der Waals surface area contributed by atoms with Crippen LogP contribution in [-0.4, -0.2) is 65.1 Å². The topological polar surface area (TPSA) is 67.7 Å². The fourth-order valence-corrected chi connectivity index (χ4v) is 7.17. The summed E-state index contributed by atoms with van der Waals surface area (Å²) in [5.41, 5.74) is 4.59. The predicted molar refractivity (Wildman–Crippen MR) is 157 cm³/mol. The van der Waals surface area contributed by atoms with Crippen molar-refractivity contribution in [2.45, 2.75) is 12.2 Å². The van der Waals surface area contributed by atoms with E-state index in [0.29, 0.717) is 37.1 Å². The molecule has 4 heterocycles. The van der Waals surface area contributed by atoms with Crippen LogP contribution in [0.2, 0.25) is 5.02 Å². The van der Waals surface area contributed by atoms with Crippen LogP contribution in [-0.2, 0) is 14.3 Å². The number of anilines is 1. The number of carbonyl (C=O) groups excluding carboxylic acids is 2. The van der Waals surface area contributed by atoms with Crippen molar-refractivity contribution in [1.29, 1.82) is 0 Å². The summed E-state index contributed by atoms with van der Waals surface area (Å²) in [7, 11) is 0. The molecule has 0 N–H and O–H groups in total. The number of ether oxygens (including phenoxy) is 1. The minimum atomic E-state index is -0.207. The molecule has 2 aliphatic rings. The fourth-order valence-electron chi connectivity index (χ4n) is 5.06. The predicted octanol–water partition coefficient (Wildman–Crippen LogP) is 5.59. The first-order valence-corrected chi connectivity index (χ1v) is 15.1. The monoisotopic (exact) mass is 578 g/mol. The Morgan fingerprint density at radius 3 is 2.67 bits per heavy atom. The van der Waals surface area contributed by atoms with Crippen LogP contribution in [0, 0.1) is 6.92 Å². The van der Waals surface area contributed by atoms with E-state index in [4.69, 9.17) is 21.4 Å². The molecule has 0 aliphatic carbocycles. The van der Waals surface area contributed by atoms with E-state index in [9.17, 15) is 9.59 Å². The zero-order chi connectivity index (χ0) is 26.9. The average Bonchev–Trinajstić information content (AvgIpc) is 3.58. The number of benzene rings is 2. The van der Waals surface area contributed by atoms with Crippen LogP contribution in [0.5, 0.6) is 0 Å². The molecular weight excluding hydrogens is 552 g/mol. The van der Waals surface area contributed by atoms with Crippen molar-refractivity contribution in [2.24, 2.45) is 0 Å². The molecule has 0 saturated carbocycles. The van der Waals surface area contributed by atoms with E-state index in [0.717, 1.165) is 32.9 Å². The van der Waals surface area contributed by atoms with Crippen LogP contribution in [0.15, 0.2) is 66.0 Å². The van der Waals surface area contributed by atoms with Gasteiger partial charge in [-0.05, 0) is 47.7 Å². The van der Waals surface area contributed by atoms with E-state index in [1.54, 1.807) is 32.9 Å². The Hall–Kier alpha value is -3.11. The van der Waals surface area contributed by atoms with Crippen molar-refractivity contribution in [2.75, 3.05) is 43.5 Å². The number of hydrogen-bond donors (Lipinski definition) is 0. The number of fused-ring (bicyclic) bond motifs is 1. The molecule has 0 radical (unpaired) electrons. The number of hydrogen-bond acceptors (Lipinski definition) is 6. The maximum Gasteiger partial charge on any atom is 0.242 e. The number of aryl methyl sites for hydroxylation is 1. The summed E-state index contributed by atoms with van der Waals surface area (Å²) in [4.78, 5) is 31.8. The average molecular weight is 579 g/mol. The number of carbonyl (C=O) groups is 2. The summed E-state index contributed by atoms with van der Waals surface area (Å²) in [5.74, 6) is 0.632. The first-order valence-electron chi connectivity index (χ1n) is 12.8. The van der Waals surface area contributed by atoms with Gasteiger partial charge in [0.1, 0.15) is 18.1 Å². The van der Waals surface area contributed by atoms with Gasteiger partial charge in [0.2, 0.25) is 11.8 Å². The zero-order valence-corrected chi connectivity index (χ0v) is 23.8. The van der Waals surface area contributed by atoms with Crippen LogP contribution in [0.3, 0.4) is 0 Å². The van der Waals surface area contributed by atoms with Crippen LogP contribution in [0.25, 0.3) is 16.3 Å². The number of halogens is 1. The lowest BCUT2D eigenvalue weighted by atomic mass is 10.0. The first kappa shape index (κ1) is 26.1. The number of morpholine rings is 1. The van der Waals surface area contributed by atoms with Crippen LogP contribution in [0.4, 0.5) is 5.82 Å². The second-order valence-electron chi connectivity index (χ2n) is 9.48. The van der Waals surface area contributed by atoms with Gasteiger partial charge in [-0.25, -0.2) is 4.68 Å². The SMILES string of the molecule is Cc1ccccc1-n1nc(-c2cccs2)c2c1N(CC(=O)N1CCOCC1)C(=O)CSC2c1cccc(Cl)c1. The Labute approximate surface area is 240 Å². The molecular formula is C29H27ClN4O3S2. The van der Waals surface area contributed by atoms with Crippen LogP contribution >= 0.6 is 34.7 Å². The second-order valence-corrected chi connectivity index (χ2v) is 12.0. The lowest BCUT2D eigenvalue weighted by molar-refractivity contribution is -0.134. The van der Waals surface area contributed by atoms with Gasteiger partial charge in [-0.1, -0.05) is 48.0 Å². The lowest BCUT2D eigenvalue weighted by Crippen LogP contribution is -2.48. The Morgan fingerprint density at radius 1 is 1.10 bits per heavy atom. The van der Waals surface area contributed by atoms with Gasteiger partial charge in [0.15, 0.2) is 0 Å². The standard InChI is InChI=1S/C29H27ClN4O3S2/c1-19-6-2-3-9-22(19)34-29-26(27(31-34)23-10-5-15-38-23)28(20-7-4-8-21(30)16-20)39-18-25(36)33(29)17-24(35)32-11-13-37-14-12-32/h2-10,15-16,28H,11-14,17-18H2,1H3. The normalized spacial score (nSPS) is 17.7. The highest BCUT2D eigenvalue weighted by Gasteiger charge is 2.38. The van der Waals surface area contributed by atoms with Crippen molar-refractivity contribution < 1.29 is 14.3 Å². The van der Waals surface area contributed by atoms with Crippen LogP contribution in [0.1, 0.15) is 21.9 Å². The summed E-state index contributed by atoms with van der Waals surface area (Å²) in [6.07, 6.45) is 0. The van der Waals surface area contributed by atoms with Crippen molar-refractivity contribution in [3.8, 4) is 16.3 Å². The summed E-state index contributed by atoms with van der Waals surface area (Å²) in [6.45, 7) is 4.01. The molecule has 2 aromatic heterocycles. The number of nitrogens with zero attached hydrogens (tertiary/aromatic N) is 4. The highest BCUT2D eigenvalue weighted by molar-refractivity contribution is 8.00. The number of aromatic nitrogens is 2. The smallest absolute Gasteiger partial charge is 0.242 e. The number of rotatable bonds is 5. The number of amides is 2. The van der Waals surface area contributed by atoms with Gasteiger partial charge >= 0.3 is 0 Å². The van der Waals surface area contributed by atoms with Gasteiger partial charge in [0, 0.05) is 23.7 Å². The summed E-state index contributed by atoms with van der Waals surface area (Å²) < 4.78 is 7.30. The Balaban J connectivity index is 1.59. The summed E-state index contributed by atoms with van der Waals surface area (Å²) >= 11 is 9.59. The summed E-state index contributed by atoms with van der Waals surface area (Å²) in [6, 6.07) is 19.8.